The quantitative estimate of drug-likeness (QED) is 0.888. The molecule has 2 heterocycles. The van der Waals surface area contributed by atoms with E-state index in [9.17, 15) is 0 Å². The zero-order valence-electron chi connectivity index (χ0n) is 12.5. The Labute approximate surface area is 130 Å². The normalized spacial score (nSPS) is 14.1. The van der Waals surface area contributed by atoms with Gasteiger partial charge in [0.05, 0.1) is 37.9 Å². The number of aromatic nitrogens is 1. The monoisotopic (exact) mass is 297 g/mol. The van der Waals surface area contributed by atoms with Gasteiger partial charge in [-0.3, -0.25) is 0 Å². The van der Waals surface area contributed by atoms with Crippen LogP contribution in [0.15, 0.2) is 61.1 Å². The number of benzene rings is 1. The summed E-state index contributed by atoms with van der Waals surface area (Å²) in [5, 5.41) is 3.24. The van der Waals surface area contributed by atoms with E-state index in [0.29, 0.717) is 5.88 Å². The second kappa shape index (κ2) is 6.39. The molecule has 0 amide bonds. The van der Waals surface area contributed by atoms with Gasteiger partial charge in [0.15, 0.2) is 0 Å². The van der Waals surface area contributed by atoms with E-state index in [1.807, 2.05) is 42.5 Å². The average Bonchev–Trinajstić information content (AvgIpc) is 2.52. The number of ether oxygens (including phenoxy) is 2. The summed E-state index contributed by atoms with van der Waals surface area (Å²) in [6.45, 7) is 5.70. The Bertz CT molecular complexity index is 622. The summed E-state index contributed by atoms with van der Waals surface area (Å²) in [5.74, 6) is 2.35. The fraction of sp³-hybridized carbons (Fsp3) is 0.235. The van der Waals surface area contributed by atoms with Crippen molar-refractivity contribution >= 4 is 5.69 Å². The molecule has 0 spiro atoms. The van der Waals surface area contributed by atoms with Crippen LogP contribution in [0.1, 0.15) is 0 Å². The molecule has 22 heavy (non-hydrogen) atoms. The van der Waals surface area contributed by atoms with Crippen molar-refractivity contribution in [3.8, 4) is 11.6 Å². The summed E-state index contributed by atoms with van der Waals surface area (Å²) in [6.07, 6.45) is 1.93. The molecule has 1 saturated heterocycles. The van der Waals surface area contributed by atoms with Crippen LogP contribution in [0.2, 0.25) is 0 Å². The highest BCUT2D eigenvalue weighted by atomic mass is 16.5. The first-order chi connectivity index (χ1) is 10.7. The fourth-order valence-corrected chi connectivity index (χ4v) is 2.25. The number of para-hydroxylation sites is 1. The minimum absolute atomic E-state index is 0.204. The highest BCUT2D eigenvalue weighted by molar-refractivity contribution is 5.46. The highest BCUT2D eigenvalue weighted by Crippen LogP contribution is 2.22. The van der Waals surface area contributed by atoms with E-state index in [0.717, 1.165) is 30.3 Å². The molecule has 0 radical (unpaired) electrons. The van der Waals surface area contributed by atoms with Gasteiger partial charge in [-0.2, -0.15) is 0 Å². The minimum Gasteiger partial charge on any atom is -0.487 e. The second-order valence-electron chi connectivity index (χ2n) is 5.12. The molecule has 3 rings (SSSR count). The molecule has 0 bridgehead atoms. The van der Waals surface area contributed by atoms with Gasteiger partial charge < -0.3 is 19.7 Å². The van der Waals surface area contributed by atoms with E-state index in [1.54, 1.807) is 13.3 Å². The minimum atomic E-state index is 0.204. The first kappa shape index (κ1) is 14.3. The maximum absolute atomic E-state index is 5.87. The summed E-state index contributed by atoms with van der Waals surface area (Å²) in [6, 6.07) is 13.6. The molecule has 0 unspecified atom stereocenters. The molecule has 114 valence electrons. The number of rotatable bonds is 6. The zero-order chi connectivity index (χ0) is 15.4. The smallest absolute Gasteiger partial charge is 0.213 e. The maximum atomic E-state index is 5.87. The predicted octanol–water partition coefficient (Wildman–Crippen LogP) is 2.74. The Morgan fingerprint density at radius 2 is 2.00 bits per heavy atom. The Balaban J connectivity index is 1.46. The van der Waals surface area contributed by atoms with Crippen molar-refractivity contribution in [2.75, 3.05) is 25.5 Å². The molecule has 0 saturated carbocycles. The SMILES string of the molecule is C=C(Nc1ccc(OC)nc1)N1CC(Oc2ccccc2)C1. The van der Waals surface area contributed by atoms with Gasteiger partial charge in [0, 0.05) is 6.07 Å². The largest absolute Gasteiger partial charge is 0.487 e. The van der Waals surface area contributed by atoms with Crippen molar-refractivity contribution in [1.29, 1.82) is 0 Å². The number of pyridine rings is 1. The number of nitrogens with one attached hydrogen (secondary N) is 1. The van der Waals surface area contributed by atoms with Gasteiger partial charge in [0.2, 0.25) is 5.88 Å². The molecule has 1 aliphatic rings. The van der Waals surface area contributed by atoms with Gasteiger partial charge in [-0.25, -0.2) is 4.98 Å². The number of hydrogen-bond donors (Lipinski definition) is 1. The van der Waals surface area contributed by atoms with Crippen molar-refractivity contribution in [3.63, 3.8) is 0 Å². The number of anilines is 1. The summed E-state index contributed by atoms with van der Waals surface area (Å²) in [7, 11) is 1.60. The van der Waals surface area contributed by atoms with E-state index in [1.165, 1.54) is 0 Å². The average molecular weight is 297 g/mol. The van der Waals surface area contributed by atoms with Crippen molar-refractivity contribution < 1.29 is 9.47 Å². The Hall–Kier alpha value is -2.69. The lowest BCUT2D eigenvalue weighted by molar-refractivity contribution is 0.0455. The molecule has 0 atom stereocenters. The van der Waals surface area contributed by atoms with Crippen molar-refractivity contribution in [2.45, 2.75) is 6.10 Å². The fourth-order valence-electron chi connectivity index (χ4n) is 2.25. The third kappa shape index (κ3) is 3.31. The van der Waals surface area contributed by atoms with E-state index in [4.69, 9.17) is 9.47 Å². The van der Waals surface area contributed by atoms with E-state index in [-0.39, 0.29) is 6.10 Å². The molecule has 5 heteroatoms. The van der Waals surface area contributed by atoms with Gasteiger partial charge in [-0.1, -0.05) is 24.8 Å². The van der Waals surface area contributed by atoms with Crippen LogP contribution in [-0.2, 0) is 0 Å². The number of methoxy groups -OCH3 is 1. The van der Waals surface area contributed by atoms with E-state index in [2.05, 4.69) is 21.8 Å². The maximum Gasteiger partial charge on any atom is 0.213 e. The molecule has 5 nitrogen and oxygen atoms in total. The van der Waals surface area contributed by atoms with Crippen LogP contribution in [0.25, 0.3) is 0 Å². The number of nitrogens with zero attached hydrogens (tertiary/aromatic N) is 2. The molecule has 1 fully saturated rings. The Morgan fingerprint density at radius 3 is 2.64 bits per heavy atom. The van der Waals surface area contributed by atoms with Crippen LogP contribution in [0, 0.1) is 0 Å². The third-order valence-corrected chi connectivity index (χ3v) is 3.51. The van der Waals surface area contributed by atoms with E-state index < -0.39 is 0 Å². The molecular formula is C17H19N3O2. The standard InChI is InChI=1S/C17H19N3O2/c1-13(19-14-8-9-17(21-2)18-10-14)20-11-16(12-20)22-15-6-4-3-5-7-15/h3-10,16,19H,1,11-12H2,2H3. The Morgan fingerprint density at radius 1 is 1.23 bits per heavy atom. The molecule has 1 aliphatic heterocycles. The van der Waals surface area contributed by atoms with Crippen molar-refractivity contribution in [3.05, 3.63) is 61.1 Å². The predicted molar refractivity (Wildman–Crippen MR) is 86.0 cm³/mol. The lowest BCUT2D eigenvalue weighted by Gasteiger charge is -2.41. The third-order valence-electron chi connectivity index (χ3n) is 3.51. The van der Waals surface area contributed by atoms with E-state index >= 15 is 0 Å². The molecular weight excluding hydrogens is 278 g/mol. The lowest BCUT2D eigenvalue weighted by atomic mass is 10.1. The molecule has 2 aromatic rings. The van der Waals surface area contributed by atoms with Crippen LogP contribution in [0.4, 0.5) is 5.69 Å². The summed E-state index contributed by atoms with van der Waals surface area (Å²) in [4.78, 5) is 6.29. The van der Waals surface area contributed by atoms with Crippen LogP contribution >= 0.6 is 0 Å². The van der Waals surface area contributed by atoms with Crippen LogP contribution < -0.4 is 14.8 Å². The first-order valence-corrected chi connectivity index (χ1v) is 7.17. The summed E-state index contributed by atoms with van der Waals surface area (Å²) in [5.41, 5.74) is 0.887. The van der Waals surface area contributed by atoms with Crippen LogP contribution in [0.5, 0.6) is 11.6 Å². The topological polar surface area (TPSA) is 46.6 Å². The van der Waals surface area contributed by atoms with Crippen molar-refractivity contribution in [2.24, 2.45) is 0 Å². The second-order valence-corrected chi connectivity index (χ2v) is 5.12. The van der Waals surface area contributed by atoms with Gasteiger partial charge in [0.1, 0.15) is 11.9 Å². The van der Waals surface area contributed by atoms with Gasteiger partial charge in [-0.05, 0) is 18.2 Å². The highest BCUT2D eigenvalue weighted by Gasteiger charge is 2.29. The molecule has 1 N–H and O–H groups in total. The first-order valence-electron chi connectivity index (χ1n) is 7.17. The van der Waals surface area contributed by atoms with Gasteiger partial charge in [-0.15, -0.1) is 0 Å². The van der Waals surface area contributed by atoms with Crippen molar-refractivity contribution in [1.82, 2.24) is 9.88 Å². The zero-order valence-corrected chi connectivity index (χ0v) is 12.5. The lowest BCUT2D eigenvalue weighted by Crippen LogP contribution is -2.53. The molecule has 1 aromatic heterocycles. The van der Waals surface area contributed by atoms with Gasteiger partial charge in [0.25, 0.3) is 0 Å². The molecule has 1 aromatic carbocycles. The summed E-state index contributed by atoms with van der Waals surface area (Å²) >= 11 is 0. The summed E-state index contributed by atoms with van der Waals surface area (Å²) < 4.78 is 10.9. The Kier molecular flexibility index (Phi) is 4.14. The van der Waals surface area contributed by atoms with Crippen LogP contribution in [-0.4, -0.2) is 36.2 Å². The number of hydrogen-bond acceptors (Lipinski definition) is 5. The number of likely N-dealkylation sites (tertiary alicyclic amines) is 1. The van der Waals surface area contributed by atoms with Crippen LogP contribution in [0.3, 0.4) is 0 Å². The molecule has 0 aliphatic carbocycles. The van der Waals surface area contributed by atoms with Gasteiger partial charge >= 0.3 is 0 Å².